The van der Waals surface area contributed by atoms with Crippen LogP contribution in [0.3, 0.4) is 0 Å². The van der Waals surface area contributed by atoms with E-state index in [-0.39, 0.29) is 0 Å². The highest BCUT2D eigenvalue weighted by atomic mass is 35.5. The molecule has 2 fully saturated rings. The lowest BCUT2D eigenvalue weighted by atomic mass is 9.68. The molecule has 4 rings (SSSR count). The molecule has 2 nitrogen and oxygen atoms in total. The number of benzene rings is 2. The molecule has 0 unspecified atom stereocenters. The van der Waals surface area contributed by atoms with Gasteiger partial charge in [-0.05, 0) is 117 Å². The van der Waals surface area contributed by atoms with Crippen molar-refractivity contribution < 1.29 is 9.53 Å². The Balaban J connectivity index is 1.27. The second kappa shape index (κ2) is 10.9. The first-order valence-electron chi connectivity index (χ1n) is 11.9. The van der Waals surface area contributed by atoms with E-state index in [9.17, 15) is 4.79 Å². The Kier molecular flexibility index (Phi) is 7.97. The Hall–Kier alpha value is -1.77. The normalized spacial score (nSPS) is 25.8. The van der Waals surface area contributed by atoms with Gasteiger partial charge in [-0.1, -0.05) is 41.4 Å². The summed E-state index contributed by atoms with van der Waals surface area (Å²) in [5.74, 6) is 3.45. The highest BCUT2D eigenvalue weighted by molar-refractivity contribution is 6.42. The van der Waals surface area contributed by atoms with Crippen molar-refractivity contribution in [1.82, 2.24) is 0 Å². The Morgan fingerprint density at radius 2 is 1.50 bits per heavy atom. The van der Waals surface area contributed by atoms with Gasteiger partial charge in [0.05, 0.1) is 15.6 Å². The van der Waals surface area contributed by atoms with Gasteiger partial charge in [0, 0.05) is 0 Å². The molecule has 0 N–H and O–H groups in total. The van der Waals surface area contributed by atoms with Crippen LogP contribution in [0, 0.1) is 17.8 Å². The first-order valence-corrected chi connectivity index (χ1v) is 12.7. The molecular formula is C28H32Cl2O2. The van der Waals surface area contributed by atoms with E-state index in [4.69, 9.17) is 27.9 Å². The Bertz CT molecular complexity index is 921. The fourth-order valence-electron chi connectivity index (χ4n) is 5.65. The van der Waals surface area contributed by atoms with Crippen molar-refractivity contribution in [3.8, 4) is 5.75 Å². The average Bonchev–Trinajstić information content (AvgIpc) is 2.82. The number of carbonyl (C=O) groups excluding carboxylic acids is 1. The van der Waals surface area contributed by atoms with Gasteiger partial charge in [0.2, 0.25) is 0 Å². The van der Waals surface area contributed by atoms with Gasteiger partial charge in [0.1, 0.15) is 5.75 Å². The van der Waals surface area contributed by atoms with Crippen LogP contribution < -0.4 is 4.74 Å². The Morgan fingerprint density at radius 3 is 2.09 bits per heavy atom. The number of esters is 1. The van der Waals surface area contributed by atoms with Gasteiger partial charge in [0.15, 0.2) is 0 Å². The van der Waals surface area contributed by atoms with Crippen molar-refractivity contribution in [3.63, 3.8) is 0 Å². The molecule has 170 valence electrons. The van der Waals surface area contributed by atoms with E-state index < -0.39 is 5.97 Å². The summed E-state index contributed by atoms with van der Waals surface area (Å²) in [6.45, 7) is 3.91. The van der Waals surface area contributed by atoms with Crippen molar-refractivity contribution in [2.75, 3.05) is 0 Å². The van der Waals surface area contributed by atoms with Gasteiger partial charge in [-0.2, -0.15) is 0 Å². The zero-order chi connectivity index (χ0) is 22.5. The van der Waals surface area contributed by atoms with Gasteiger partial charge in [-0.25, -0.2) is 4.79 Å². The Morgan fingerprint density at radius 1 is 0.875 bits per heavy atom. The maximum Gasteiger partial charge on any atom is 0.343 e. The van der Waals surface area contributed by atoms with E-state index in [1.54, 1.807) is 12.1 Å². The van der Waals surface area contributed by atoms with Gasteiger partial charge >= 0.3 is 5.97 Å². The van der Waals surface area contributed by atoms with Crippen LogP contribution in [-0.4, -0.2) is 5.97 Å². The molecule has 4 heteroatoms. The van der Waals surface area contributed by atoms with Crippen LogP contribution in [0.5, 0.6) is 5.75 Å². The summed E-state index contributed by atoms with van der Waals surface area (Å²) in [6.07, 6.45) is 14.1. The molecule has 0 aliphatic heterocycles. The van der Waals surface area contributed by atoms with Gasteiger partial charge in [-0.3, -0.25) is 0 Å². The highest BCUT2D eigenvalue weighted by Crippen LogP contribution is 2.44. The molecule has 0 atom stereocenters. The molecule has 2 aromatic carbocycles. The molecule has 2 saturated carbocycles. The summed E-state index contributed by atoms with van der Waals surface area (Å²) in [6, 6.07) is 12.8. The molecule has 32 heavy (non-hydrogen) atoms. The molecular weight excluding hydrogens is 439 g/mol. The fraction of sp³-hybridized carbons (Fsp3) is 0.464. The molecule has 0 heterocycles. The lowest BCUT2D eigenvalue weighted by molar-refractivity contribution is 0.0734. The van der Waals surface area contributed by atoms with Crippen LogP contribution in [0.4, 0.5) is 0 Å². The molecule has 0 bridgehead atoms. The maximum atomic E-state index is 12.4. The van der Waals surface area contributed by atoms with E-state index in [2.05, 4.69) is 24.8 Å². The third-order valence-corrected chi connectivity index (χ3v) is 8.29. The number of rotatable bonds is 6. The van der Waals surface area contributed by atoms with Crippen LogP contribution in [0.15, 0.2) is 55.1 Å². The average molecular weight is 471 g/mol. The predicted molar refractivity (Wildman–Crippen MR) is 133 cm³/mol. The van der Waals surface area contributed by atoms with Gasteiger partial charge in [-0.15, -0.1) is 6.58 Å². The lowest BCUT2D eigenvalue weighted by Crippen LogP contribution is -2.25. The summed E-state index contributed by atoms with van der Waals surface area (Å²) >= 11 is 11.9. The molecule has 0 amide bonds. The molecule has 0 saturated heterocycles. The number of hydrogen-bond acceptors (Lipinski definition) is 2. The first-order chi connectivity index (χ1) is 15.5. The topological polar surface area (TPSA) is 26.3 Å². The van der Waals surface area contributed by atoms with Crippen molar-refractivity contribution in [3.05, 3.63) is 76.3 Å². The largest absolute Gasteiger partial charge is 0.423 e. The van der Waals surface area contributed by atoms with E-state index in [1.165, 1.54) is 69.4 Å². The first kappa shape index (κ1) is 23.4. The zero-order valence-corrected chi connectivity index (χ0v) is 20.1. The fourth-order valence-corrected chi connectivity index (χ4v) is 5.95. The predicted octanol–water partition coefficient (Wildman–Crippen LogP) is 8.87. The number of allylic oxidation sites excluding steroid dienone is 1. The highest BCUT2D eigenvalue weighted by Gasteiger charge is 2.31. The van der Waals surface area contributed by atoms with Crippen LogP contribution in [0.2, 0.25) is 10.0 Å². The smallest absolute Gasteiger partial charge is 0.343 e. The van der Waals surface area contributed by atoms with Crippen molar-refractivity contribution >= 4 is 29.2 Å². The summed E-state index contributed by atoms with van der Waals surface area (Å²) < 4.78 is 5.51. The summed E-state index contributed by atoms with van der Waals surface area (Å²) in [5, 5.41) is 0.763. The van der Waals surface area contributed by atoms with Crippen molar-refractivity contribution in [1.29, 1.82) is 0 Å². The van der Waals surface area contributed by atoms with E-state index in [0.717, 1.165) is 17.8 Å². The zero-order valence-electron chi connectivity index (χ0n) is 18.6. The molecule has 0 spiro atoms. The monoisotopic (exact) mass is 470 g/mol. The van der Waals surface area contributed by atoms with Crippen LogP contribution in [-0.2, 0) is 0 Å². The van der Waals surface area contributed by atoms with E-state index in [1.807, 2.05) is 12.1 Å². The summed E-state index contributed by atoms with van der Waals surface area (Å²) in [4.78, 5) is 12.4. The van der Waals surface area contributed by atoms with Crippen molar-refractivity contribution in [2.45, 2.75) is 63.7 Å². The number of hydrogen-bond donors (Lipinski definition) is 0. The van der Waals surface area contributed by atoms with E-state index >= 15 is 0 Å². The SMILES string of the molecule is C=CC[C@H]1CC[C@H](C2CCC(c3ccc(OC(=O)c4ccc(Cl)c(Cl)c4)cc3)CC2)CC1. The molecule has 0 radical (unpaired) electrons. The molecule has 0 aromatic heterocycles. The lowest BCUT2D eigenvalue weighted by Gasteiger charge is -2.38. The molecule has 2 aliphatic rings. The van der Waals surface area contributed by atoms with Crippen LogP contribution in [0.25, 0.3) is 0 Å². The van der Waals surface area contributed by atoms with Crippen molar-refractivity contribution in [2.24, 2.45) is 17.8 Å². The third-order valence-electron chi connectivity index (χ3n) is 7.55. The van der Waals surface area contributed by atoms with E-state index in [0.29, 0.717) is 27.3 Å². The number of carbonyl (C=O) groups is 1. The van der Waals surface area contributed by atoms with Gasteiger partial charge < -0.3 is 4.74 Å². The summed E-state index contributed by atoms with van der Waals surface area (Å²) in [7, 11) is 0. The minimum absolute atomic E-state index is 0.344. The minimum Gasteiger partial charge on any atom is -0.423 e. The molecule has 2 aliphatic carbocycles. The van der Waals surface area contributed by atoms with Crippen LogP contribution >= 0.6 is 23.2 Å². The Labute approximate surface area is 202 Å². The third kappa shape index (κ3) is 5.77. The maximum absolute atomic E-state index is 12.4. The second-order valence-electron chi connectivity index (χ2n) is 9.50. The minimum atomic E-state index is -0.431. The quantitative estimate of drug-likeness (QED) is 0.239. The number of halogens is 2. The summed E-state index contributed by atoms with van der Waals surface area (Å²) in [5.41, 5.74) is 1.74. The molecule has 2 aromatic rings. The number of ether oxygens (including phenoxy) is 1. The second-order valence-corrected chi connectivity index (χ2v) is 10.3. The van der Waals surface area contributed by atoms with Gasteiger partial charge in [0.25, 0.3) is 0 Å². The van der Waals surface area contributed by atoms with Crippen LogP contribution in [0.1, 0.15) is 79.6 Å². The standard InChI is InChI=1S/C28H32Cl2O2/c1-2-3-19-4-6-20(7-5-19)21-8-10-22(11-9-21)23-12-15-25(16-13-23)32-28(31)24-14-17-26(29)27(30)18-24/h2,12-22H,1,3-11H2/t19-,20-,21?,22?.